The third-order valence-electron chi connectivity index (χ3n) is 4.73. The minimum Gasteiger partial charge on any atom is -0.354 e. The minimum atomic E-state index is -3.47. The molecule has 1 aliphatic rings. The summed E-state index contributed by atoms with van der Waals surface area (Å²) >= 11 is 0. The lowest BCUT2D eigenvalue weighted by Gasteiger charge is -2.34. The summed E-state index contributed by atoms with van der Waals surface area (Å²) in [5, 5.41) is 5.05. The monoisotopic (exact) mass is 431 g/mol. The summed E-state index contributed by atoms with van der Waals surface area (Å²) in [6, 6.07) is 14.2. The fraction of sp³-hybridized carbons (Fsp3) is 0.350. The third-order valence-corrected chi connectivity index (χ3v) is 6.60. The molecule has 10 heteroatoms. The average Bonchev–Trinajstić information content (AvgIpc) is 2.78. The number of sulfonamides is 1. The van der Waals surface area contributed by atoms with Gasteiger partial charge in [-0.15, -0.1) is 0 Å². The van der Waals surface area contributed by atoms with Crippen LogP contribution in [0.3, 0.4) is 0 Å². The Morgan fingerprint density at radius 3 is 2.30 bits per heavy atom. The summed E-state index contributed by atoms with van der Waals surface area (Å²) in [5.74, 6) is -0.146. The predicted octanol–water partition coefficient (Wildman–Crippen LogP) is 0.0796. The molecule has 1 fully saturated rings. The molecule has 3 rings (SSSR count). The summed E-state index contributed by atoms with van der Waals surface area (Å²) in [7, 11) is -3.47. The van der Waals surface area contributed by atoms with Crippen molar-refractivity contribution in [1.82, 2.24) is 19.9 Å². The molecule has 2 aromatic rings. The van der Waals surface area contributed by atoms with Gasteiger partial charge in [-0.05, 0) is 24.3 Å². The van der Waals surface area contributed by atoms with Crippen molar-refractivity contribution in [2.45, 2.75) is 0 Å². The maximum Gasteiger partial charge on any atom is 0.251 e. The van der Waals surface area contributed by atoms with Crippen molar-refractivity contribution in [3.63, 3.8) is 0 Å². The second-order valence-corrected chi connectivity index (χ2v) is 8.88. The molecule has 0 spiro atoms. The number of amides is 2. The molecule has 2 N–H and O–H groups in total. The first-order valence-corrected chi connectivity index (χ1v) is 11.3. The number of piperazine rings is 1. The van der Waals surface area contributed by atoms with Crippen LogP contribution in [-0.4, -0.2) is 74.5 Å². The van der Waals surface area contributed by atoms with E-state index in [1.165, 1.54) is 4.31 Å². The molecule has 0 saturated carbocycles. The summed E-state index contributed by atoms with van der Waals surface area (Å²) in [6.45, 7) is 1.65. The summed E-state index contributed by atoms with van der Waals surface area (Å²) in [6.07, 6.45) is 1.71. The molecule has 2 amide bonds. The molecule has 0 aliphatic carbocycles. The van der Waals surface area contributed by atoms with Gasteiger partial charge in [0.2, 0.25) is 15.9 Å². The zero-order chi connectivity index (χ0) is 21.4. The molecule has 160 valence electrons. The Bertz CT molecular complexity index is 946. The van der Waals surface area contributed by atoms with E-state index in [0.29, 0.717) is 31.7 Å². The van der Waals surface area contributed by atoms with Gasteiger partial charge in [0.15, 0.2) is 0 Å². The van der Waals surface area contributed by atoms with Crippen LogP contribution < -0.4 is 15.5 Å². The number of carbonyl (C=O) groups excluding carboxylic acids is 2. The summed E-state index contributed by atoms with van der Waals surface area (Å²) < 4.78 is 26.5. The Kier molecular flexibility index (Phi) is 7.36. The lowest BCUT2D eigenvalue weighted by atomic mass is 10.2. The Labute approximate surface area is 176 Å². The quantitative estimate of drug-likeness (QED) is 0.612. The highest BCUT2D eigenvalue weighted by Crippen LogP contribution is 2.14. The van der Waals surface area contributed by atoms with Crippen LogP contribution in [0.2, 0.25) is 0 Å². The number of anilines is 1. The first kappa shape index (κ1) is 21.7. The Morgan fingerprint density at radius 2 is 1.63 bits per heavy atom. The molecule has 0 bridgehead atoms. The molecule has 1 saturated heterocycles. The molecule has 0 atom stereocenters. The van der Waals surface area contributed by atoms with Crippen LogP contribution in [0.4, 0.5) is 5.82 Å². The number of nitrogens with one attached hydrogen (secondary N) is 2. The van der Waals surface area contributed by atoms with E-state index >= 15 is 0 Å². The first-order chi connectivity index (χ1) is 14.5. The highest BCUT2D eigenvalue weighted by Gasteiger charge is 2.27. The highest BCUT2D eigenvalue weighted by molar-refractivity contribution is 7.89. The van der Waals surface area contributed by atoms with E-state index in [1.54, 1.807) is 36.5 Å². The van der Waals surface area contributed by atoms with Crippen molar-refractivity contribution in [2.24, 2.45) is 0 Å². The van der Waals surface area contributed by atoms with Gasteiger partial charge < -0.3 is 15.5 Å². The molecule has 2 heterocycles. The number of aromatic nitrogens is 1. The second kappa shape index (κ2) is 10.2. The molecule has 30 heavy (non-hydrogen) atoms. The number of carbonyl (C=O) groups is 2. The number of hydrogen-bond donors (Lipinski definition) is 2. The standard InChI is InChI=1S/C20H25N5O4S/c26-19(16-23-20(27)17-6-2-1-3-7-17)22-10-15-30(28,29)25-13-11-24(12-14-25)18-8-4-5-9-21-18/h1-9H,10-16H2,(H,22,26)(H,23,27). The van der Waals surface area contributed by atoms with Gasteiger partial charge in [-0.3, -0.25) is 9.59 Å². The van der Waals surface area contributed by atoms with Crippen LogP contribution >= 0.6 is 0 Å². The second-order valence-electron chi connectivity index (χ2n) is 6.79. The summed E-state index contributed by atoms with van der Waals surface area (Å²) in [5.41, 5.74) is 0.456. The Hall–Kier alpha value is -2.98. The number of nitrogens with zero attached hydrogens (tertiary/aromatic N) is 3. The molecular formula is C20H25N5O4S. The van der Waals surface area contributed by atoms with Crippen molar-refractivity contribution in [3.8, 4) is 0 Å². The molecule has 1 aromatic heterocycles. The van der Waals surface area contributed by atoms with Crippen molar-refractivity contribution in [3.05, 3.63) is 60.3 Å². The zero-order valence-electron chi connectivity index (χ0n) is 16.5. The third kappa shape index (κ3) is 6.01. The maximum absolute atomic E-state index is 12.5. The van der Waals surface area contributed by atoms with Crippen molar-refractivity contribution in [1.29, 1.82) is 0 Å². The normalized spacial score (nSPS) is 14.9. The zero-order valence-corrected chi connectivity index (χ0v) is 17.3. The highest BCUT2D eigenvalue weighted by atomic mass is 32.2. The molecule has 9 nitrogen and oxygen atoms in total. The van der Waals surface area contributed by atoms with Crippen LogP contribution in [0.5, 0.6) is 0 Å². The van der Waals surface area contributed by atoms with Crippen LogP contribution in [-0.2, 0) is 14.8 Å². The van der Waals surface area contributed by atoms with Gasteiger partial charge in [0, 0.05) is 44.5 Å². The molecule has 0 unspecified atom stereocenters. The molecule has 1 aromatic carbocycles. The number of pyridine rings is 1. The SMILES string of the molecule is O=C(CNC(=O)c1ccccc1)NCCS(=O)(=O)N1CCN(c2ccccn2)CC1. The largest absolute Gasteiger partial charge is 0.354 e. The van der Waals surface area contributed by atoms with Gasteiger partial charge in [-0.25, -0.2) is 13.4 Å². The van der Waals surface area contributed by atoms with E-state index in [-0.39, 0.29) is 24.7 Å². The maximum atomic E-state index is 12.5. The van der Waals surface area contributed by atoms with E-state index < -0.39 is 15.9 Å². The fourth-order valence-corrected chi connectivity index (χ4v) is 4.44. The number of hydrogen-bond acceptors (Lipinski definition) is 6. The van der Waals surface area contributed by atoms with Crippen molar-refractivity contribution < 1.29 is 18.0 Å². The van der Waals surface area contributed by atoms with E-state index in [2.05, 4.69) is 15.6 Å². The van der Waals surface area contributed by atoms with Gasteiger partial charge in [0.05, 0.1) is 12.3 Å². The van der Waals surface area contributed by atoms with E-state index in [4.69, 9.17) is 0 Å². The van der Waals surface area contributed by atoms with Crippen LogP contribution in [0, 0.1) is 0 Å². The topological polar surface area (TPSA) is 112 Å². The van der Waals surface area contributed by atoms with Crippen LogP contribution in [0.25, 0.3) is 0 Å². The Morgan fingerprint density at radius 1 is 0.933 bits per heavy atom. The van der Waals surface area contributed by atoms with Crippen LogP contribution in [0.15, 0.2) is 54.7 Å². The van der Waals surface area contributed by atoms with E-state index in [0.717, 1.165) is 5.82 Å². The van der Waals surface area contributed by atoms with E-state index in [1.807, 2.05) is 23.1 Å². The fourth-order valence-electron chi connectivity index (χ4n) is 3.10. The molecule has 1 aliphatic heterocycles. The van der Waals surface area contributed by atoms with Crippen molar-refractivity contribution >= 4 is 27.7 Å². The Balaban J connectivity index is 1.38. The van der Waals surface area contributed by atoms with Gasteiger partial charge in [-0.1, -0.05) is 24.3 Å². The van der Waals surface area contributed by atoms with Gasteiger partial charge in [0.1, 0.15) is 5.82 Å². The lowest BCUT2D eigenvalue weighted by molar-refractivity contribution is -0.120. The smallest absolute Gasteiger partial charge is 0.251 e. The molecule has 0 radical (unpaired) electrons. The van der Waals surface area contributed by atoms with E-state index in [9.17, 15) is 18.0 Å². The molecular weight excluding hydrogens is 406 g/mol. The van der Waals surface area contributed by atoms with Gasteiger partial charge >= 0.3 is 0 Å². The van der Waals surface area contributed by atoms with Gasteiger partial charge in [0.25, 0.3) is 5.91 Å². The van der Waals surface area contributed by atoms with Crippen LogP contribution in [0.1, 0.15) is 10.4 Å². The lowest BCUT2D eigenvalue weighted by Crippen LogP contribution is -2.50. The number of benzene rings is 1. The first-order valence-electron chi connectivity index (χ1n) is 9.69. The van der Waals surface area contributed by atoms with Gasteiger partial charge in [-0.2, -0.15) is 4.31 Å². The number of rotatable bonds is 8. The average molecular weight is 432 g/mol. The summed E-state index contributed by atoms with van der Waals surface area (Å²) in [4.78, 5) is 30.1. The predicted molar refractivity (Wildman–Crippen MR) is 114 cm³/mol. The van der Waals surface area contributed by atoms with Crippen molar-refractivity contribution in [2.75, 3.05) is 49.9 Å². The minimum absolute atomic E-state index is 0.0111.